The number of nitrogens with two attached hydrogens (primary N) is 1. The monoisotopic (exact) mass is 253 g/mol. The molecule has 0 aliphatic carbocycles. The summed E-state index contributed by atoms with van der Waals surface area (Å²) in [7, 11) is 0. The van der Waals surface area contributed by atoms with Crippen molar-refractivity contribution in [3.8, 4) is 11.9 Å². The molecule has 1 aliphatic heterocycles. The highest BCUT2D eigenvalue weighted by Gasteiger charge is 2.34. The third kappa shape index (κ3) is 1.64. The van der Waals surface area contributed by atoms with Crippen LogP contribution < -0.4 is 10.5 Å². The van der Waals surface area contributed by atoms with E-state index in [0.29, 0.717) is 11.5 Å². The van der Waals surface area contributed by atoms with Gasteiger partial charge in [0.1, 0.15) is 11.6 Å². The summed E-state index contributed by atoms with van der Waals surface area (Å²) in [5, 5.41) is 16.2. The lowest BCUT2D eigenvalue weighted by atomic mass is 9.85. The van der Waals surface area contributed by atoms with Gasteiger partial charge in [-0.1, -0.05) is 6.07 Å². The van der Waals surface area contributed by atoms with Crippen LogP contribution in [-0.2, 0) is 0 Å². The van der Waals surface area contributed by atoms with Crippen molar-refractivity contribution in [2.45, 2.75) is 12.8 Å². The summed E-state index contributed by atoms with van der Waals surface area (Å²) in [6.07, 6.45) is 3.40. The van der Waals surface area contributed by atoms with Gasteiger partial charge in [-0.2, -0.15) is 5.26 Å². The van der Waals surface area contributed by atoms with Gasteiger partial charge in [0.25, 0.3) is 0 Å². The van der Waals surface area contributed by atoms with Crippen LogP contribution in [0.15, 0.2) is 36.0 Å². The molecule has 0 unspecified atom stereocenters. The number of fused-ring (bicyclic) bond motifs is 1. The molecule has 0 fully saturated rings. The first kappa shape index (κ1) is 11.3. The smallest absolute Gasteiger partial charge is 0.244 e. The van der Waals surface area contributed by atoms with Crippen molar-refractivity contribution in [2.75, 3.05) is 0 Å². The fraction of sp³-hybridized carbons (Fsp3) is 0.154. The fourth-order valence-electron chi connectivity index (χ4n) is 2.28. The molecule has 6 nitrogen and oxygen atoms in total. The number of rotatable bonds is 1. The lowest BCUT2D eigenvalue weighted by Crippen LogP contribution is -2.21. The molecule has 0 saturated carbocycles. The van der Waals surface area contributed by atoms with Gasteiger partial charge in [-0.05, 0) is 18.6 Å². The van der Waals surface area contributed by atoms with Gasteiger partial charge in [-0.3, -0.25) is 10.1 Å². The molecule has 3 rings (SSSR count). The second kappa shape index (κ2) is 4.14. The molecule has 0 radical (unpaired) electrons. The lowest BCUT2D eigenvalue weighted by Gasteiger charge is -2.23. The minimum absolute atomic E-state index is 0.0929. The van der Waals surface area contributed by atoms with Crippen LogP contribution in [0.1, 0.15) is 22.7 Å². The zero-order valence-corrected chi connectivity index (χ0v) is 10.2. The van der Waals surface area contributed by atoms with E-state index in [0.717, 1.165) is 16.8 Å². The summed E-state index contributed by atoms with van der Waals surface area (Å²) >= 11 is 0. The maximum atomic E-state index is 9.33. The first-order valence-electron chi connectivity index (χ1n) is 5.74. The van der Waals surface area contributed by atoms with Gasteiger partial charge < -0.3 is 10.5 Å². The highest BCUT2D eigenvalue weighted by Crippen LogP contribution is 2.42. The van der Waals surface area contributed by atoms with Crippen molar-refractivity contribution in [1.29, 1.82) is 5.26 Å². The Labute approximate surface area is 109 Å². The molecule has 19 heavy (non-hydrogen) atoms. The predicted molar refractivity (Wildman–Crippen MR) is 66.9 cm³/mol. The fourth-order valence-corrected chi connectivity index (χ4v) is 2.28. The summed E-state index contributed by atoms with van der Waals surface area (Å²) in [6.45, 7) is 1.88. The van der Waals surface area contributed by atoms with Crippen LogP contribution >= 0.6 is 0 Å². The van der Waals surface area contributed by atoms with Gasteiger partial charge in [0.2, 0.25) is 11.8 Å². The molecule has 0 bridgehead atoms. The van der Waals surface area contributed by atoms with E-state index in [-0.39, 0.29) is 11.8 Å². The average Bonchev–Trinajstić information content (AvgIpc) is 2.79. The van der Waals surface area contributed by atoms with E-state index >= 15 is 0 Å². The molecular formula is C13H11N5O. The van der Waals surface area contributed by atoms with E-state index in [1.165, 1.54) is 0 Å². The second-order valence-electron chi connectivity index (χ2n) is 4.28. The summed E-state index contributed by atoms with van der Waals surface area (Å²) < 4.78 is 5.38. The molecule has 0 spiro atoms. The molecule has 6 heteroatoms. The third-order valence-electron chi connectivity index (χ3n) is 3.15. The number of nitrogens with zero attached hydrogens (tertiary/aromatic N) is 3. The first-order chi connectivity index (χ1) is 9.22. The third-order valence-corrected chi connectivity index (χ3v) is 3.15. The van der Waals surface area contributed by atoms with Gasteiger partial charge in [-0.15, -0.1) is 5.10 Å². The zero-order valence-electron chi connectivity index (χ0n) is 10.2. The number of aromatic amines is 1. The number of ether oxygens (including phenoxy) is 1. The number of aryl methyl sites for hydroxylation is 1. The van der Waals surface area contributed by atoms with Crippen LogP contribution in [-0.4, -0.2) is 15.2 Å². The average molecular weight is 253 g/mol. The number of nitrogens with one attached hydrogen (secondary N) is 1. The molecule has 0 aromatic carbocycles. The van der Waals surface area contributed by atoms with Crippen molar-refractivity contribution in [1.82, 2.24) is 15.2 Å². The Kier molecular flexibility index (Phi) is 2.46. The molecular weight excluding hydrogens is 242 g/mol. The molecule has 3 N–H and O–H groups in total. The van der Waals surface area contributed by atoms with E-state index < -0.39 is 0 Å². The van der Waals surface area contributed by atoms with Crippen LogP contribution in [0.2, 0.25) is 0 Å². The van der Waals surface area contributed by atoms with Crippen LogP contribution in [0.4, 0.5) is 0 Å². The van der Waals surface area contributed by atoms with Gasteiger partial charge in [0.05, 0.1) is 5.92 Å². The zero-order chi connectivity index (χ0) is 13.4. The molecule has 0 saturated heterocycles. The van der Waals surface area contributed by atoms with Gasteiger partial charge in [-0.25, -0.2) is 0 Å². The Morgan fingerprint density at radius 2 is 2.37 bits per heavy atom. The number of aromatic nitrogens is 3. The van der Waals surface area contributed by atoms with Gasteiger partial charge in [0, 0.05) is 23.7 Å². The van der Waals surface area contributed by atoms with E-state index in [1.54, 1.807) is 12.4 Å². The molecule has 2 aromatic rings. The normalized spacial score (nSPS) is 17.6. The van der Waals surface area contributed by atoms with Crippen LogP contribution in [0.25, 0.3) is 0 Å². The van der Waals surface area contributed by atoms with Crippen molar-refractivity contribution in [2.24, 2.45) is 5.73 Å². The SMILES string of the molecule is Cc1[nH]nc2c1[C@H](c1cccnc1)C(C#N)=C(N)O2. The van der Waals surface area contributed by atoms with E-state index in [2.05, 4.69) is 21.3 Å². The molecule has 1 atom stereocenters. The lowest BCUT2D eigenvalue weighted by molar-refractivity contribution is 0.378. The quantitative estimate of drug-likeness (QED) is 0.798. The van der Waals surface area contributed by atoms with Crippen molar-refractivity contribution in [3.63, 3.8) is 0 Å². The summed E-state index contributed by atoms with van der Waals surface area (Å²) in [4.78, 5) is 4.10. The highest BCUT2D eigenvalue weighted by atomic mass is 16.5. The Bertz CT molecular complexity index is 696. The van der Waals surface area contributed by atoms with E-state index in [9.17, 15) is 5.26 Å². The Morgan fingerprint density at radius 1 is 1.53 bits per heavy atom. The van der Waals surface area contributed by atoms with Crippen molar-refractivity contribution < 1.29 is 4.74 Å². The predicted octanol–water partition coefficient (Wildman–Crippen LogP) is 1.33. The topological polar surface area (TPSA) is 101 Å². The number of pyridine rings is 1. The van der Waals surface area contributed by atoms with Crippen molar-refractivity contribution in [3.05, 3.63) is 52.8 Å². The minimum atomic E-state index is -0.291. The Morgan fingerprint density at radius 3 is 3.05 bits per heavy atom. The highest BCUT2D eigenvalue weighted by molar-refractivity contribution is 5.54. The van der Waals surface area contributed by atoms with E-state index in [1.807, 2.05) is 19.1 Å². The molecule has 94 valence electrons. The van der Waals surface area contributed by atoms with Gasteiger partial charge in [0.15, 0.2) is 0 Å². The standard InChI is InChI=1S/C13H11N5O/c1-7-10-11(8-3-2-4-16-6-8)9(5-14)12(15)19-13(10)18-17-7/h2-4,6,11H,15H2,1H3,(H,17,18)/t11-/m1/s1. The molecule has 3 heterocycles. The number of hydrogen-bond donors (Lipinski definition) is 2. The van der Waals surface area contributed by atoms with Crippen LogP contribution in [0, 0.1) is 18.3 Å². The summed E-state index contributed by atoms with van der Waals surface area (Å²) in [6, 6.07) is 5.85. The van der Waals surface area contributed by atoms with Crippen molar-refractivity contribution >= 4 is 0 Å². The Balaban J connectivity index is 2.25. The van der Waals surface area contributed by atoms with Crippen LogP contribution in [0.3, 0.4) is 0 Å². The first-order valence-corrected chi connectivity index (χ1v) is 5.74. The summed E-state index contributed by atoms with van der Waals surface area (Å²) in [5.74, 6) is 0.222. The largest absolute Gasteiger partial charge is 0.420 e. The number of H-pyrrole nitrogens is 1. The molecule has 1 aliphatic rings. The van der Waals surface area contributed by atoms with Crippen LogP contribution in [0.5, 0.6) is 5.88 Å². The number of hydrogen-bond acceptors (Lipinski definition) is 5. The number of nitriles is 1. The maximum Gasteiger partial charge on any atom is 0.244 e. The summed E-state index contributed by atoms with van der Waals surface area (Å²) in [5.41, 5.74) is 8.75. The number of allylic oxidation sites excluding steroid dienone is 1. The van der Waals surface area contributed by atoms with E-state index in [4.69, 9.17) is 10.5 Å². The second-order valence-corrected chi connectivity index (χ2v) is 4.28. The minimum Gasteiger partial charge on any atom is -0.420 e. The Hall–Kier alpha value is -2.81. The van der Waals surface area contributed by atoms with Gasteiger partial charge >= 0.3 is 0 Å². The molecule has 0 amide bonds. The maximum absolute atomic E-state index is 9.33. The molecule has 2 aromatic heterocycles.